The molecule has 2 aromatic rings. The zero-order chi connectivity index (χ0) is 13.8. The Hall–Kier alpha value is -1.17. The van der Waals surface area contributed by atoms with Gasteiger partial charge < -0.3 is 10.6 Å². The van der Waals surface area contributed by atoms with Crippen LogP contribution < -0.4 is 10.6 Å². The number of rotatable bonds is 5. The minimum atomic E-state index is 0.175. The highest BCUT2D eigenvalue weighted by Crippen LogP contribution is 2.26. The molecule has 3 rings (SSSR count). The number of nitrogens with one attached hydrogen (secondary N) is 2. The predicted octanol–water partition coefficient (Wildman–Crippen LogP) is 2.96. The fourth-order valence-corrected chi connectivity index (χ4v) is 4.06. The monoisotopic (exact) mass is 306 g/mol. The average Bonchev–Trinajstić information content (AvgIpc) is 3.12. The first kappa shape index (κ1) is 13.8. The van der Waals surface area contributed by atoms with E-state index < -0.39 is 0 Å². The Balaban J connectivity index is 1.67. The van der Waals surface area contributed by atoms with Gasteiger partial charge in [-0.15, -0.1) is 22.7 Å². The lowest BCUT2D eigenvalue weighted by Crippen LogP contribution is -2.47. The summed E-state index contributed by atoms with van der Waals surface area (Å²) >= 11 is 3.60. The maximum absolute atomic E-state index is 11.2. The molecule has 3 heterocycles. The quantitative estimate of drug-likeness (QED) is 0.891. The third-order valence-electron chi connectivity index (χ3n) is 3.57. The molecule has 1 amide bonds. The Bertz CT molecular complexity index is 526. The Morgan fingerprint density at radius 1 is 1.30 bits per heavy atom. The van der Waals surface area contributed by atoms with E-state index in [9.17, 15) is 4.79 Å². The molecule has 1 fully saturated rings. The lowest BCUT2D eigenvalue weighted by atomic mass is 10.0. The van der Waals surface area contributed by atoms with Gasteiger partial charge in [-0.1, -0.05) is 12.1 Å². The van der Waals surface area contributed by atoms with Gasteiger partial charge in [-0.3, -0.25) is 4.79 Å². The highest BCUT2D eigenvalue weighted by Gasteiger charge is 2.22. The maximum atomic E-state index is 11.2. The second kappa shape index (κ2) is 6.52. The van der Waals surface area contributed by atoms with Crippen LogP contribution in [0.3, 0.4) is 0 Å². The summed E-state index contributed by atoms with van der Waals surface area (Å²) in [5.74, 6) is 0.175. The van der Waals surface area contributed by atoms with Crippen LogP contribution in [0.5, 0.6) is 0 Å². The van der Waals surface area contributed by atoms with Crippen LogP contribution in [0.25, 0.3) is 0 Å². The zero-order valence-corrected chi connectivity index (χ0v) is 12.8. The van der Waals surface area contributed by atoms with Crippen LogP contribution in [0.15, 0.2) is 35.0 Å². The molecule has 2 unspecified atom stereocenters. The molecule has 1 aliphatic heterocycles. The highest BCUT2D eigenvalue weighted by molar-refractivity contribution is 7.10. The van der Waals surface area contributed by atoms with Gasteiger partial charge in [0.25, 0.3) is 0 Å². The van der Waals surface area contributed by atoms with Crippen LogP contribution in [-0.4, -0.2) is 18.5 Å². The van der Waals surface area contributed by atoms with E-state index in [-0.39, 0.29) is 5.91 Å². The van der Waals surface area contributed by atoms with E-state index in [1.165, 1.54) is 9.75 Å². The molecular formula is C15H18N2OS2. The summed E-state index contributed by atoms with van der Waals surface area (Å²) in [5, 5.41) is 10.9. The Morgan fingerprint density at radius 2 is 2.15 bits per heavy atom. The third kappa shape index (κ3) is 3.48. The minimum Gasteiger partial charge on any atom is -0.355 e. The van der Waals surface area contributed by atoms with Crippen molar-refractivity contribution in [1.82, 2.24) is 10.6 Å². The fourth-order valence-electron chi connectivity index (χ4n) is 2.52. The second-order valence-electron chi connectivity index (χ2n) is 5.06. The van der Waals surface area contributed by atoms with Gasteiger partial charge in [-0.05, 0) is 29.3 Å². The number of hydrogen-bond donors (Lipinski definition) is 2. The molecule has 2 atom stereocenters. The lowest BCUT2D eigenvalue weighted by molar-refractivity contribution is -0.122. The first-order chi connectivity index (χ1) is 9.81. The number of thiophene rings is 2. The molecule has 1 aliphatic rings. The van der Waals surface area contributed by atoms with Gasteiger partial charge in [0.2, 0.25) is 5.91 Å². The van der Waals surface area contributed by atoms with Crippen molar-refractivity contribution in [3.8, 4) is 0 Å². The number of piperidine rings is 1. The third-order valence-corrected chi connectivity index (χ3v) is 5.46. The van der Waals surface area contributed by atoms with Crippen molar-refractivity contribution < 1.29 is 4.79 Å². The van der Waals surface area contributed by atoms with Crippen molar-refractivity contribution in [3.05, 3.63) is 44.8 Å². The van der Waals surface area contributed by atoms with Gasteiger partial charge >= 0.3 is 0 Å². The number of hydrogen-bond acceptors (Lipinski definition) is 4. The lowest BCUT2D eigenvalue weighted by Gasteiger charge is -2.28. The van der Waals surface area contributed by atoms with Crippen LogP contribution in [0.1, 0.15) is 28.6 Å². The van der Waals surface area contributed by atoms with E-state index in [0.29, 0.717) is 18.5 Å². The van der Waals surface area contributed by atoms with Crippen LogP contribution in [0.2, 0.25) is 0 Å². The molecule has 0 radical (unpaired) electrons. The van der Waals surface area contributed by atoms with E-state index in [2.05, 4.69) is 45.7 Å². The predicted molar refractivity (Wildman–Crippen MR) is 84.3 cm³/mol. The summed E-state index contributed by atoms with van der Waals surface area (Å²) in [6.45, 7) is 0.741. The van der Waals surface area contributed by atoms with Gasteiger partial charge in [0, 0.05) is 41.2 Å². The summed E-state index contributed by atoms with van der Waals surface area (Å²) in [4.78, 5) is 14.0. The van der Waals surface area contributed by atoms with Gasteiger partial charge in [0.15, 0.2) is 0 Å². The largest absolute Gasteiger partial charge is 0.355 e. The summed E-state index contributed by atoms with van der Waals surface area (Å²) in [7, 11) is 0. The summed E-state index contributed by atoms with van der Waals surface area (Å²) in [6.07, 6.45) is 2.58. The molecule has 2 N–H and O–H groups in total. The van der Waals surface area contributed by atoms with E-state index in [4.69, 9.17) is 0 Å². The number of carbonyl (C=O) groups excluding carboxylic acids is 1. The van der Waals surface area contributed by atoms with Crippen LogP contribution >= 0.6 is 22.7 Å². The van der Waals surface area contributed by atoms with Gasteiger partial charge in [0.05, 0.1) is 0 Å². The first-order valence-electron chi connectivity index (χ1n) is 6.90. The van der Waals surface area contributed by atoms with Crippen molar-refractivity contribution in [2.24, 2.45) is 0 Å². The van der Waals surface area contributed by atoms with Gasteiger partial charge in [0.1, 0.15) is 0 Å². The highest BCUT2D eigenvalue weighted by atomic mass is 32.1. The maximum Gasteiger partial charge on any atom is 0.220 e. The second-order valence-corrected chi connectivity index (χ2v) is 7.07. The van der Waals surface area contributed by atoms with Crippen LogP contribution in [-0.2, 0) is 11.2 Å². The van der Waals surface area contributed by atoms with Gasteiger partial charge in [-0.25, -0.2) is 0 Å². The van der Waals surface area contributed by atoms with Crippen LogP contribution in [0, 0.1) is 0 Å². The van der Waals surface area contributed by atoms with E-state index in [1.54, 1.807) is 22.7 Å². The van der Waals surface area contributed by atoms with Crippen molar-refractivity contribution >= 4 is 28.6 Å². The molecule has 106 valence electrons. The topological polar surface area (TPSA) is 41.1 Å². The molecule has 2 aromatic heterocycles. The fraction of sp³-hybridized carbons (Fsp3) is 0.400. The normalized spacial score (nSPS) is 20.6. The molecular weight excluding hydrogens is 288 g/mol. The molecule has 3 nitrogen and oxygen atoms in total. The van der Waals surface area contributed by atoms with E-state index in [1.807, 2.05) is 0 Å². The van der Waals surface area contributed by atoms with Gasteiger partial charge in [-0.2, -0.15) is 0 Å². The van der Waals surface area contributed by atoms with E-state index >= 15 is 0 Å². The molecule has 0 aromatic carbocycles. The summed E-state index contributed by atoms with van der Waals surface area (Å²) in [6, 6.07) is 9.30. The SMILES string of the molecule is O=C1CCC(NC(Cc2cccs2)c2cccs2)CN1. The number of amides is 1. The summed E-state index contributed by atoms with van der Waals surface area (Å²) < 4.78 is 0. The first-order valence-corrected chi connectivity index (χ1v) is 8.66. The van der Waals surface area contributed by atoms with Crippen molar-refractivity contribution in [2.75, 3.05) is 6.54 Å². The van der Waals surface area contributed by atoms with Crippen molar-refractivity contribution in [2.45, 2.75) is 31.3 Å². The Morgan fingerprint density at radius 3 is 2.80 bits per heavy atom. The minimum absolute atomic E-state index is 0.175. The zero-order valence-electron chi connectivity index (χ0n) is 11.2. The number of carbonyl (C=O) groups is 1. The molecule has 0 saturated carbocycles. The standard InChI is InChI=1S/C15H18N2OS2/c18-15-6-5-11(10-16-15)17-13(14-4-2-8-20-14)9-12-3-1-7-19-12/h1-4,7-8,11,13,17H,5-6,9-10H2,(H,16,18). The Kier molecular flexibility index (Phi) is 4.50. The molecule has 5 heteroatoms. The molecule has 0 spiro atoms. The van der Waals surface area contributed by atoms with E-state index in [0.717, 1.165) is 19.4 Å². The van der Waals surface area contributed by atoms with Crippen molar-refractivity contribution in [3.63, 3.8) is 0 Å². The molecule has 1 saturated heterocycles. The molecule has 0 aliphatic carbocycles. The van der Waals surface area contributed by atoms with Crippen LogP contribution in [0.4, 0.5) is 0 Å². The smallest absolute Gasteiger partial charge is 0.220 e. The molecule has 0 bridgehead atoms. The average molecular weight is 306 g/mol. The molecule has 20 heavy (non-hydrogen) atoms. The summed E-state index contributed by atoms with van der Waals surface area (Å²) in [5.41, 5.74) is 0. The van der Waals surface area contributed by atoms with Crippen molar-refractivity contribution in [1.29, 1.82) is 0 Å². The Labute approximate surface area is 127 Å².